The van der Waals surface area contributed by atoms with Crippen LogP contribution in [-0.2, 0) is 4.57 Å². The van der Waals surface area contributed by atoms with Gasteiger partial charge in [-0.1, -0.05) is 0 Å². The third-order valence-corrected chi connectivity index (χ3v) is 3.16. The molecule has 5 nitrogen and oxygen atoms in total. The van der Waals surface area contributed by atoms with Gasteiger partial charge in [0.05, 0.1) is 9.35 Å². The molecule has 0 aliphatic heterocycles. The summed E-state index contributed by atoms with van der Waals surface area (Å²) in [5.41, 5.74) is 10.3. The number of carbonyl (C=O) groups excluding carboxylic acids is 1. The van der Waals surface area contributed by atoms with E-state index in [-0.39, 0.29) is 0 Å². The quantitative estimate of drug-likeness (QED) is 0.712. The largest absolute Gasteiger partial charge is 0.300 e. The van der Waals surface area contributed by atoms with Gasteiger partial charge in [0.1, 0.15) is 0 Å². The second-order valence-electron chi connectivity index (χ2n) is 2.29. The molecule has 0 saturated carbocycles. The first-order chi connectivity index (χ1) is 5.88. The molecule has 1 aromatic heterocycles. The van der Waals surface area contributed by atoms with E-state index in [9.17, 15) is 9.36 Å². The number of rotatable bonds is 2. The molecule has 0 unspecified atom stereocenters. The van der Waals surface area contributed by atoms with Gasteiger partial charge in [-0.05, 0) is 22.0 Å². The lowest BCUT2D eigenvalue weighted by Crippen LogP contribution is -2.28. The summed E-state index contributed by atoms with van der Waals surface area (Å²) in [4.78, 5) is 11.2. The molecule has 0 radical (unpaired) electrons. The van der Waals surface area contributed by atoms with Crippen molar-refractivity contribution in [2.24, 2.45) is 11.0 Å². The maximum Gasteiger partial charge on any atom is 0.300 e. The van der Waals surface area contributed by atoms with Gasteiger partial charge in [-0.25, -0.2) is 0 Å². The van der Waals surface area contributed by atoms with Crippen molar-refractivity contribution in [1.29, 1.82) is 0 Å². The first-order valence-electron chi connectivity index (χ1n) is 3.12. The number of thiophene rings is 1. The number of carbonyl (C=O) groups is 1. The van der Waals surface area contributed by atoms with Crippen molar-refractivity contribution in [3.8, 4) is 0 Å². The van der Waals surface area contributed by atoms with Gasteiger partial charge < -0.3 is 0 Å². The molecule has 0 atom stereocenters. The summed E-state index contributed by atoms with van der Waals surface area (Å²) in [6.07, 6.45) is 0. The van der Waals surface area contributed by atoms with Crippen molar-refractivity contribution in [2.75, 3.05) is 0 Å². The average molecular weight is 284 g/mol. The topological polar surface area (TPSA) is 98.2 Å². The highest BCUT2D eigenvalue weighted by Gasteiger charge is 2.15. The van der Waals surface area contributed by atoms with E-state index in [2.05, 4.69) is 15.9 Å². The Hall–Kier alpha value is -0.200. The minimum atomic E-state index is -3.49. The molecular weight excluding hydrogens is 277 g/mol. The van der Waals surface area contributed by atoms with Crippen LogP contribution in [0.3, 0.4) is 0 Å². The van der Waals surface area contributed by atoms with Crippen LogP contribution in [0.1, 0.15) is 10.4 Å². The number of nitrogens with one attached hydrogen (secondary N) is 1. The Morgan fingerprint density at radius 2 is 2.23 bits per heavy atom. The number of nitrogens with two attached hydrogens (primary N) is 2. The molecule has 8 heteroatoms. The second-order valence-corrected chi connectivity index (χ2v) is 6.22. The molecule has 13 heavy (non-hydrogen) atoms. The molecule has 72 valence electrons. The van der Waals surface area contributed by atoms with Crippen molar-refractivity contribution < 1.29 is 9.36 Å². The van der Waals surface area contributed by atoms with Crippen molar-refractivity contribution >= 4 is 40.8 Å². The molecule has 0 spiro atoms. The van der Waals surface area contributed by atoms with Gasteiger partial charge in [-0.2, -0.15) is 0 Å². The number of halogens is 1. The Labute approximate surface area is 87.2 Å². The van der Waals surface area contributed by atoms with Crippen LogP contribution in [0.4, 0.5) is 0 Å². The van der Waals surface area contributed by atoms with Crippen molar-refractivity contribution in [3.63, 3.8) is 0 Å². The molecule has 1 aromatic rings. The average Bonchev–Trinajstić information content (AvgIpc) is 2.31. The Bertz CT molecular complexity index is 374. The molecule has 5 N–H and O–H groups in total. The van der Waals surface area contributed by atoms with Gasteiger partial charge in [0.25, 0.3) is 5.91 Å². The fraction of sp³-hybridized carbons (Fsp3) is 0. The Morgan fingerprint density at radius 3 is 2.62 bits per heavy atom. The van der Waals surface area contributed by atoms with Gasteiger partial charge >= 0.3 is 7.59 Å². The monoisotopic (exact) mass is 283 g/mol. The molecule has 0 aromatic carbocycles. The van der Waals surface area contributed by atoms with E-state index in [1.807, 2.05) is 5.09 Å². The summed E-state index contributed by atoms with van der Waals surface area (Å²) >= 11 is 4.53. The zero-order valence-corrected chi connectivity index (χ0v) is 9.66. The smallest absolute Gasteiger partial charge is 0.279 e. The van der Waals surface area contributed by atoms with E-state index in [1.54, 1.807) is 11.4 Å². The lowest BCUT2D eigenvalue weighted by molar-refractivity contribution is 0.0981. The standard InChI is InChI=1S/C5H7BrN3O2PS/c6-4-1-3(2-13-4)5(10)9-12(7,8)11/h1-2H,(H5,7,8,9,10,11). The lowest BCUT2D eigenvalue weighted by Gasteiger charge is -2.06. The van der Waals surface area contributed by atoms with E-state index >= 15 is 0 Å². The fourth-order valence-corrected chi connectivity index (χ4v) is 2.24. The maximum absolute atomic E-state index is 11.2. The van der Waals surface area contributed by atoms with Crippen LogP contribution >= 0.6 is 34.9 Å². The van der Waals surface area contributed by atoms with E-state index in [0.717, 1.165) is 3.79 Å². The summed E-state index contributed by atoms with van der Waals surface area (Å²) in [5.74, 6) is -0.532. The Kier molecular flexibility index (Phi) is 3.26. The summed E-state index contributed by atoms with van der Waals surface area (Å²) < 4.78 is 11.6. The molecule has 0 bridgehead atoms. The number of amides is 1. The summed E-state index contributed by atoms with van der Waals surface area (Å²) in [6, 6.07) is 1.59. The minimum Gasteiger partial charge on any atom is -0.279 e. The van der Waals surface area contributed by atoms with Gasteiger partial charge in [0, 0.05) is 5.38 Å². The maximum atomic E-state index is 11.2. The van der Waals surface area contributed by atoms with Gasteiger partial charge in [-0.15, -0.1) is 11.3 Å². The lowest BCUT2D eigenvalue weighted by atomic mass is 10.3. The predicted molar refractivity (Wildman–Crippen MR) is 55.5 cm³/mol. The summed E-state index contributed by atoms with van der Waals surface area (Å²) in [5, 5.41) is 3.61. The normalized spacial score (nSPS) is 11.3. The van der Waals surface area contributed by atoms with Gasteiger partial charge in [0.2, 0.25) is 0 Å². The van der Waals surface area contributed by atoms with Crippen LogP contribution in [0.5, 0.6) is 0 Å². The van der Waals surface area contributed by atoms with E-state index in [1.165, 1.54) is 11.3 Å². The summed E-state index contributed by atoms with van der Waals surface area (Å²) in [7, 11) is -3.49. The Balaban J connectivity index is 2.75. The molecule has 1 heterocycles. The highest BCUT2D eigenvalue weighted by Crippen LogP contribution is 2.23. The van der Waals surface area contributed by atoms with Gasteiger partial charge in [0.15, 0.2) is 0 Å². The highest BCUT2D eigenvalue weighted by atomic mass is 79.9. The van der Waals surface area contributed by atoms with Gasteiger partial charge in [-0.3, -0.25) is 25.5 Å². The van der Waals surface area contributed by atoms with Crippen LogP contribution in [0.2, 0.25) is 0 Å². The molecule has 0 aliphatic rings. The third kappa shape index (κ3) is 3.58. The van der Waals surface area contributed by atoms with Crippen LogP contribution in [0.15, 0.2) is 15.2 Å². The fourth-order valence-electron chi connectivity index (χ4n) is 0.652. The molecular formula is C5H7BrN3O2PS. The van der Waals surface area contributed by atoms with E-state index in [4.69, 9.17) is 11.0 Å². The zero-order valence-electron chi connectivity index (χ0n) is 6.36. The van der Waals surface area contributed by atoms with Crippen LogP contribution < -0.4 is 16.1 Å². The highest BCUT2D eigenvalue weighted by molar-refractivity contribution is 9.11. The van der Waals surface area contributed by atoms with E-state index < -0.39 is 13.5 Å². The first kappa shape index (κ1) is 10.9. The molecule has 0 saturated heterocycles. The molecule has 0 fully saturated rings. The molecule has 1 rings (SSSR count). The number of hydrogen-bond acceptors (Lipinski definition) is 3. The zero-order chi connectivity index (χ0) is 10.1. The third-order valence-electron chi connectivity index (χ3n) is 1.11. The van der Waals surface area contributed by atoms with Crippen LogP contribution in [0, 0.1) is 0 Å². The van der Waals surface area contributed by atoms with Crippen molar-refractivity contribution in [2.45, 2.75) is 0 Å². The Morgan fingerprint density at radius 1 is 1.62 bits per heavy atom. The molecule has 1 amide bonds. The predicted octanol–water partition coefficient (Wildman–Crippen LogP) is 1.27. The minimum absolute atomic E-state index is 0.382. The first-order valence-corrected chi connectivity index (χ1v) is 6.64. The van der Waals surface area contributed by atoms with Crippen LogP contribution in [-0.4, -0.2) is 5.91 Å². The van der Waals surface area contributed by atoms with Crippen molar-refractivity contribution in [3.05, 3.63) is 20.8 Å². The molecule has 0 aliphatic carbocycles. The second kappa shape index (κ2) is 3.89. The SMILES string of the molecule is NP(N)(=O)NC(=O)c1csc(Br)c1. The van der Waals surface area contributed by atoms with E-state index in [0.29, 0.717) is 5.56 Å². The summed E-state index contributed by atoms with van der Waals surface area (Å²) in [6.45, 7) is 0. The van der Waals surface area contributed by atoms with Crippen LogP contribution in [0.25, 0.3) is 0 Å². The number of hydrogen-bond donors (Lipinski definition) is 3. The van der Waals surface area contributed by atoms with Crippen molar-refractivity contribution in [1.82, 2.24) is 5.09 Å².